The van der Waals surface area contributed by atoms with Crippen LogP contribution >= 0.6 is 11.3 Å². The molecule has 232 valence electrons. The first kappa shape index (κ1) is 30.4. The number of thiazole rings is 1. The Hall–Kier alpha value is -4.67. The van der Waals surface area contributed by atoms with Gasteiger partial charge in [-0.1, -0.05) is 47.7 Å². The van der Waals surface area contributed by atoms with Gasteiger partial charge in [0.15, 0.2) is 16.3 Å². The number of rotatable bonds is 10. The Bertz CT molecular complexity index is 2140. The van der Waals surface area contributed by atoms with Crippen molar-refractivity contribution in [2.24, 2.45) is 4.99 Å². The normalized spacial score (nSPS) is 15.0. The van der Waals surface area contributed by atoms with Crippen molar-refractivity contribution < 1.29 is 23.7 Å². The lowest BCUT2D eigenvalue weighted by atomic mass is 9.94. The van der Waals surface area contributed by atoms with Crippen molar-refractivity contribution in [1.29, 1.82) is 0 Å². The fourth-order valence-electron chi connectivity index (χ4n) is 6.03. The van der Waals surface area contributed by atoms with Gasteiger partial charge >= 0.3 is 5.97 Å². The molecule has 6 rings (SSSR count). The molecular formula is C35H35N3O6S. The van der Waals surface area contributed by atoms with E-state index in [1.165, 1.54) is 29.3 Å². The van der Waals surface area contributed by atoms with Gasteiger partial charge in [0.1, 0.15) is 12.6 Å². The summed E-state index contributed by atoms with van der Waals surface area (Å²) in [6, 6.07) is 19.2. The number of hydrogen-bond donors (Lipinski definition) is 0. The smallest absolute Gasteiger partial charge is 0.338 e. The van der Waals surface area contributed by atoms with E-state index in [0.717, 1.165) is 23.0 Å². The summed E-state index contributed by atoms with van der Waals surface area (Å²) in [7, 11) is 3.10. The van der Waals surface area contributed by atoms with Crippen molar-refractivity contribution in [3.63, 3.8) is 0 Å². The van der Waals surface area contributed by atoms with Crippen molar-refractivity contribution >= 4 is 45.2 Å². The molecule has 0 aliphatic carbocycles. The quantitative estimate of drug-likeness (QED) is 0.161. The summed E-state index contributed by atoms with van der Waals surface area (Å²) in [6.07, 6.45) is 1.89. The van der Waals surface area contributed by atoms with E-state index in [4.69, 9.17) is 23.9 Å². The molecule has 10 heteroatoms. The number of aromatic nitrogens is 2. The van der Waals surface area contributed by atoms with E-state index in [1.54, 1.807) is 24.7 Å². The molecule has 1 atom stereocenters. The Morgan fingerprint density at radius 2 is 1.80 bits per heavy atom. The minimum Gasteiger partial charge on any atom is -0.493 e. The van der Waals surface area contributed by atoms with Gasteiger partial charge in [0.2, 0.25) is 0 Å². The average Bonchev–Trinajstić information content (AvgIpc) is 3.53. The third-order valence-electron chi connectivity index (χ3n) is 7.99. The minimum absolute atomic E-state index is 0.0661. The topological polar surface area (TPSA) is 93.3 Å². The Kier molecular flexibility index (Phi) is 8.60. The maximum absolute atomic E-state index is 14.3. The fraction of sp³-hybridized carbons (Fsp3) is 0.286. The molecule has 0 fully saturated rings. The van der Waals surface area contributed by atoms with Crippen LogP contribution in [0.5, 0.6) is 11.5 Å². The van der Waals surface area contributed by atoms with Gasteiger partial charge in [-0.3, -0.25) is 9.36 Å². The molecule has 45 heavy (non-hydrogen) atoms. The van der Waals surface area contributed by atoms with Crippen LogP contribution in [-0.2, 0) is 20.8 Å². The lowest BCUT2D eigenvalue weighted by Crippen LogP contribution is -2.40. The summed E-state index contributed by atoms with van der Waals surface area (Å²) in [4.78, 5) is 33.1. The number of allylic oxidation sites excluding steroid dienone is 1. The highest BCUT2D eigenvalue weighted by atomic mass is 32.1. The van der Waals surface area contributed by atoms with Crippen LogP contribution in [0.25, 0.3) is 27.9 Å². The Labute approximate surface area is 264 Å². The Morgan fingerprint density at radius 1 is 1.00 bits per heavy atom. The van der Waals surface area contributed by atoms with Crippen molar-refractivity contribution in [3.05, 3.63) is 103 Å². The first-order chi connectivity index (χ1) is 21.9. The monoisotopic (exact) mass is 625 g/mol. The largest absolute Gasteiger partial charge is 0.493 e. The number of benzene rings is 3. The van der Waals surface area contributed by atoms with E-state index in [9.17, 15) is 9.59 Å². The number of esters is 1. The van der Waals surface area contributed by atoms with E-state index in [-0.39, 0.29) is 24.3 Å². The van der Waals surface area contributed by atoms with Gasteiger partial charge in [0.25, 0.3) is 5.56 Å². The first-order valence-corrected chi connectivity index (χ1v) is 15.7. The van der Waals surface area contributed by atoms with E-state index in [0.29, 0.717) is 38.7 Å². The van der Waals surface area contributed by atoms with Crippen molar-refractivity contribution in [2.45, 2.75) is 33.4 Å². The summed E-state index contributed by atoms with van der Waals surface area (Å²) in [5.41, 5.74) is 4.28. The van der Waals surface area contributed by atoms with E-state index < -0.39 is 12.0 Å². The number of fused-ring (bicyclic) bond motifs is 4. The first-order valence-electron chi connectivity index (χ1n) is 14.9. The van der Waals surface area contributed by atoms with Gasteiger partial charge in [-0.05, 0) is 56.7 Å². The summed E-state index contributed by atoms with van der Waals surface area (Å²) < 4.78 is 26.7. The average molecular weight is 626 g/mol. The lowest BCUT2D eigenvalue weighted by Gasteiger charge is -2.27. The molecule has 5 aromatic rings. The molecule has 9 nitrogen and oxygen atoms in total. The van der Waals surface area contributed by atoms with Gasteiger partial charge in [-0.25, -0.2) is 9.79 Å². The molecule has 0 spiro atoms. The summed E-state index contributed by atoms with van der Waals surface area (Å²) in [5, 5.41) is 2.29. The van der Waals surface area contributed by atoms with Crippen molar-refractivity contribution in [2.75, 3.05) is 34.0 Å². The fourth-order valence-corrected chi connectivity index (χ4v) is 7.08. The number of para-hydroxylation sites is 2. The molecule has 0 saturated heterocycles. The van der Waals surface area contributed by atoms with Gasteiger partial charge in [0, 0.05) is 41.0 Å². The van der Waals surface area contributed by atoms with Crippen molar-refractivity contribution in [1.82, 2.24) is 9.13 Å². The highest BCUT2D eigenvalue weighted by Crippen LogP contribution is 2.41. The number of carbonyl (C=O) groups is 1. The second-order valence-electron chi connectivity index (χ2n) is 10.6. The molecule has 3 heterocycles. The number of hydrogen-bond acceptors (Lipinski definition) is 8. The third-order valence-corrected chi connectivity index (χ3v) is 8.97. The summed E-state index contributed by atoms with van der Waals surface area (Å²) in [6.45, 7) is 7.30. The molecule has 0 unspecified atom stereocenters. The van der Waals surface area contributed by atoms with Crippen LogP contribution in [0.15, 0.2) is 81.7 Å². The van der Waals surface area contributed by atoms with E-state index >= 15 is 0 Å². The molecule has 0 bridgehead atoms. The highest BCUT2D eigenvalue weighted by molar-refractivity contribution is 7.07. The van der Waals surface area contributed by atoms with E-state index in [1.807, 2.05) is 43.3 Å². The molecule has 0 amide bonds. The molecule has 0 saturated carbocycles. The molecule has 0 N–H and O–H groups in total. The van der Waals surface area contributed by atoms with Crippen LogP contribution in [0.1, 0.15) is 37.9 Å². The van der Waals surface area contributed by atoms with Gasteiger partial charge in [-0.2, -0.15) is 0 Å². The maximum atomic E-state index is 14.3. The zero-order valence-corrected chi connectivity index (χ0v) is 26.8. The zero-order chi connectivity index (χ0) is 31.7. The van der Waals surface area contributed by atoms with Gasteiger partial charge in [0.05, 0.1) is 36.1 Å². The zero-order valence-electron chi connectivity index (χ0n) is 26.0. The highest BCUT2D eigenvalue weighted by Gasteiger charge is 2.36. The number of aryl methyl sites for hydroxylation is 1. The SMILES string of the molecule is CCOc1c(OC)cccc1[C@@H]1C(C(=O)OCCOC)=C(C)N=c2s/c(=C/c3ccc4c(c3)c3ccccc3n4CC)c(=O)n21. The van der Waals surface area contributed by atoms with Crippen molar-refractivity contribution in [3.8, 4) is 11.5 Å². The third kappa shape index (κ3) is 5.34. The number of methoxy groups -OCH3 is 2. The molecular weight excluding hydrogens is 590 g/mol. The number of carbonyl (C=O) groups excluding carboxylic acids is 1. The van der Waals surface area contributed by atoms with Crippen LogP contribution < -0.4 is 24.4 Å². The van der Waals surface area contributed by atoms with Crippen LogP contribution in [0.4, 0.5) is 0 Å². The molecule has 1 aliphatic rings. The van der Waals surface area contributed by atoms with Crippen LogP contribution in [0, 0.1) is 0 Å². The molecule has 2 aromatic heterocycles. The standard InChI is InChI=1S/C35H35N3O6S/c1-6-37-26-13-9-8-11-23(26)25-19-22(15-16-27(25)37)20-29-33(39)38-31(24-12-10-14-28(42-5)32(24)43-7-2)30(21(3)36-35(38)45-29)34(40)44-18-17-41-4/h8-16,19-20,31H,6-7,17-18H2,1-5H3/b29-20+/t31-/m1/s1. The molecule has 1 aliphatic heterocycles. The van der Waals surface area contributed by atoms with Crippen LogP contribution in [0.2, 0.25) is 0 Å². The van der Waals surface area contributed by atoms with Crippen LogP contribution in [0.3, 0.4) is 0 Å². The molecule has 3 aromatic carbocycles. The predicted octanol–water partition coefficient (Wildman–Crippen LogP) is 4.96. The summed E-state index contributed by atoms with van der Waals surface area (Å²) >= 11 is 1.29. The van der Waals surface area contributed by atoms with Gasteiger partial charge < -0.3 is 23.5 Å². The summed E-state index contributed by atoms with van der Waals surface area (Å²) in [5.74, 6) is 0.380. The number of ether oxygens (including phenoxy) is 4. The van der Waals surface area contributed by atoms with Gasteiger partial charge in [-0.15, -0.1) is 0 Å². The Balaban J connectivity index is 1.55. The maximum Gasteiger partial charge on any atom is 0.338 e. The predicted molar refractivity (Wildman–Crippen MR) is 176 cm³/mol. The minimum atomic E-state index is -0.847. The molecule has 0 radical (unpaired) electrons. The number of nitrogens with zero attached hydrogens (tertiary/aromatic N) is 3. The lowest BCUT2D eigenvalue weighted by molar-refractivity contribution is -0.140. The second kappa shape index (κ2) is 12.7. The second-order valence-corrected chi connectivity index (χ2v) is 11.6. The van der Waals surface area contributed by atoms with E-state index in [2.05, 4.69) is 35.8 Å². The Morgan fingerprint density at radius 3 is 2.56 bits per heavy atom. The van der Waals surface area contributed by atoms with Crippen LogP contribution in [-0.4, -0.2) is 49.1 Å².